The van der Waals surface area contributed by atoms with Crippen LogP contribution in [0.3, 0.4) is 0 Å². The summed E-state index contributed by atoms with van der Waals surface area (Å²) in [7, 11) is 0. The molecule has 8 rings (SSSR count). The zero-order valence-corrected chi connectivity index (χ0v) is 21.2. The van der Waals surface area contributed by atoms with E-state index in [0.717, 1.165) is 11.1 Å². The zero-order chi connectivity index (χ0) is 26.0. The molecule has 1 atom stereocenters. The van der Waals surface area contributed by atoms with Crippen LogP contribution in [0.5, 0.6) is 0 Å². The molecule has 180 valence electrons. The normalized spacial score (nSPS) is 16.2. The monoisotopic (exact) mass is 493 g/mol. The molecule has 0 radical (unpaired) electrons. The van der Waals surface area contributed by atoms with Crippen molar-refractivity contribution >= 4 is 22.9 Å². The summed E-state index contributed by atoms with van der Waals surface area (Å²) in [4.78, 5) is 0. The predicted molar refractivity (Wildman–Crippen MR) is 160 cm³/mol. The first kappa shape index (κ1) is 21.9. The number of fused-ring (bicyclic) bond motifs is 11. The Labute approximate surface area is 227 Å². The molecular formula is C38H23N. The lowest BCUT2D eigenvalue weighted by molar-refractivity contribution is 0.767. The van der Waals surface area contributed by atoms with Gasteiger partial charge in [-0.05, 0) is 84.6 Å². The van der Waals surface area contributed by atoms with Gasteiger partial charge in [-0.3, -0.25) is 0 Å². The summed E-state index contributed by atoms with van der Waals surface area (Å²) in [6.07, 6.45) is 4.54. The van der Waals surface area contributed by atoms with Gasteiger partial charge in [-0.1, -0.05) is 121 Å². The van der Waals surface area contributed by atoms with Crippen LogP contribution in [0, 0.1) is 11.3 Å². The summed E-state index contributed by atoms with van der Waals surface area (Å²) in [6.45, 7) is 0. The van der Waals surface area contributed by atoms with Crippen LogP contribution < -0.4 is 0 Å². The van der Waals surface area contributed by atoms with Crippen molar-refractivity contribution in [3.8, 4) is 28.3 Å². The lowest BCUT2D eigenvalue weighted by Crippen LogP contribution is -2.30. The van der Waals surface area contributed by atoms with Gasteiger partial charge in [0, 0.05) is 0 Å². The first-order valence-corrected chi connectivity index (χ1v) is 13.3. The van der Waals surface area contributed by atoms with Gasteiger partial charge < -0.3 is 0 Å². The van der Waals surface area contributed by atoms with Gasteiger partial charge in [-0.25, -0.2) is 0 Å². The van der Waals surface area contributed by atoms with Crippen molar-refractivity contribution in [2.45, 2.75) is 5.41 Å². The molecule has 2 aliphatic rings. The standard InChI is InChI=1S/C38H23N/c39-24-25-13-15-26(16-14-25)30-20-19-29-18-17-28-8-2-5-11-33(28)38(36(29)23-30)34-12-6-4-10-32(34)37-31-9-3-1-7-27(31)21-22-35(37)38/h1-23H. The van der Waals surface area contributed by atoms with Gasteiger partial charge in [-0.2, -0.15) is 5.26 Å². The van der Waals surface area contributed by atoms with E-state index in [4.69, 9.17) is 0 Å². The highest BCUT2D eigenvalue weighted by molar-refractivity contribution is 6.05. The van der Waals surface area contributed by atoms with E-state index < -0.39 is 5.41 Å². The SMILES string of the molecule is N#Cc1ccc(-c2ccc3c(c2)C2(c4ccccc4C=C3)c3ccccc3-c3c2ccc2ccccc32)cc1. The van der Waals surface area contributed by atoms with Crippen molar-refractivity contribution in [3.63, 3.8) is 0 Å². The average molecular weight is 494 g/mol. The molecule has 1 spiro atoms. The summed E-state index contributed by atoms with van der Waals surface area (Å²) in [5, 5.41) is 11.9. The lowest BCUT2D eigenvalue weighted by atomic mass is 9.65. The molecule has 0 heterocycles. The van der Waals surface area contributed by atoms with Crippen molar-refractivity contribution in [1.29, 1.82) is 5.26 Å². The molecule has 0 aromatic heterocycles. The van der Waals surface area contributed by atoms with Gasteiger partial charge in [0.2, 0.25) is 0 Å². The number of nitrogens with zero attached hydrogens (tertiary/aromatic N) is 1. The molecular weight excluding hydrogens is 470 g/mol. The number of hydrogen-bond donors (Lipinski definition) is 0. The molecule has 6 aromatic carbocycles. The van der Waals surface area contributed by atoms with Crippen molar-refractivity contribution in [2.24, 2.45) is 0 Å². The van der Waals surface area contributed by atoms with E-state index in [0.29, 0.717) is 5.56 Å². The molecule has 0 saturated carbocycles. The van der Waals surface area contributed by atoms with Crippen molar-refractivity contribution in [3.05, 3.63) is 166 Å². The van der Waals surface area contributed by atoms with Crippen LogP contribution >= 0.6 is 0 Å². The maximum absolute atomic E-state index is 9.32. The van der Waals surface area contributed by atoms with Gasteiger partial charge >= 0.3 is 0 Å². The van der Waals surface area contributed by atoms with Gasteiger partial charge in [0.05, 0.1) is 17.0 Å². The van der Waals surface area contributed by atoms with E-state index in [9.17, 15) is 5.26 Å². The van der Waals surface area contributed by atoms with Crippen LogP contribution in [-0.2, 0) is 5.41 Å². The number of nitriles is 1. The van der Waals surface area contributed by atoms with Crippen LogP contribution in [0.1, 0.15) is 38.9 Å². The Morgan fingerprint density at radius 1 is 0.513 bits per heavy atom. The van der Waals surface area contributed by atoms with Gasteiger partial charge in [0.25, 0.3) is 0 Å². The topological polar surface area (TPSA) is 23.8 Å². The first-order chi connectivity index (χ1) is 19.3. The Bertz CT molecular complexity index is 2020. The van der Waals surface area contributed by atoms with E-state index in [1.54, 1.807) is 0 Å². The molecule has 1 unspecified atom stereocenters. The second-order valence-electron chi connectivity index (χ2n) is 10.4. The molecule has 0 bridgehead atoms. The smallest absolute Gasteiger partial charge is 0.0991 e. The Morgan fingerprint density at radius 3 is 2.05 bits per heavy atom. The largest absolute Gasteiger partial charge is 0.192 e. The molecule has 1 nitrogen and oxygen atoms in total. The molecule has 0 amide bonds. The molecule has 39 heavy (non-hydrogen) atoms. The third-order valence-electron chi connectivity index (χ3n) is 8.55. The minimum Gasteiger partial charge on any atom is -0.192 e. The van der Waals surface area contributed by atoms with Crippen molar-refractivity contribution < 1.29 is 0 Å². The Balaban J connectivity index is 1.53. The van der Waals surface area contributed by atoms with Crippen LogP contribution in [0.15, 0.2) is 127 Å². The van der Waals surface area contributed by atoms with Crippen molar-refractivity contribution in [2.75, 3.05) is 0 Å². The van der Waals surface area contributed by atoms with Crippen LogP contribution in [0.2, 0.25) is 0 Å². The summed E-state index contributed by atoms with van der Waals surface area (Å²) in [5.74, 6) is 0. The Kier molecular flexibility index (Phi) is 4.57. The van der Waals surface area contributed by atoms with Gasteiger partial charge in [0.15, 0.2) is 0 Å². The highest BCUT2D eigenvalue weighted by Gasteiger charge is 2.48. The number of rotatable bonds is 1. The number of hydrogen-bond acceptors (Lipinski definition) is 1. The van der Waals surface area contributed by atoms with Crippen molar-refractivity contribution in [1.82, 2.24) is 0 Å². The quantitative estimate of drug-likeness (QED) is 0.224. The van der Waals surface area contributed by atoms with Crippen LogP contribution in [-0.4, -0.2) is 0 Å². The minimum absolute atomic E-state index is 0.464. The lowest BCUT2D eigenvalue weighted by Gasteiger charge is -2.35. The zero-order valence-electron chi connectivity index (χ0n) is 21.2. The fraction of sp³-hybridized carbons (Fsp3) is 0.0263. The highest BCUT2D eigenvalue weighted by atomic mass is 14.5. The molecule has 1 heteroatoms. The predicted octanol–water partition coefficient (Wildman–Crippen LogP) is 9.23. The first-order valence-electron chi connectivity index (χ1n) is 13.3. The second kappa shape index (κ2) is 8.15. The molecule has 2 aliphatic carbocycles. The molecule has 6 aromatic rings. The summed E-state index contributed by atoms with van der Waals surface area (Å²) in [6, 6.07) is 48.2. The van der Waals surface area contributed by atoms with E-state index in [-0.39, 0.29) is 0 Å². The molecule has 0 fully saturated rings. The minimum atomic E-state index is -0.464. The van der Waals surface area contributed by atoms with Gasteiger partial charge in [-0.15, -0.1) is 0 Å². The fourth-order valence-corrected chi connectivity index (χ4v) is 6.88. The van der Waals surface area contributed by atoms with E-state index >= 15 is 0 Å². The second-order valence-corrected chi connectivity index (χ2v) is 10.4. The maximum atomic E-state index is 9.32. The highest BCUT2D eigenvalue weighted by Crippen LogP contribution is 2.60. The molecule has 0 N–H and O–H groups in total. The maximum Gasteiger partial charge on any atom is 0.0991 e. The molecule has 0 aliphatic heterocycles. The third kappa shape index (κ3) is 2.95. The van der Waals surface area contributed by atoms with E-state index in [1.807, 2.05) is 12.1 Å². The third-order valence-corrected chi connectivity index (χ3v) is 8.55. The summed E-state index contributed by atoms with van der Waals surface area (Å²) in [5.41, 5.74) is 12.8. The van der Waals surface area contributed by atoms with E-state index in [1.165, 1.54) is 55.3 Å². The summed E-state index contributed by atoms with van der Waals surface area (Å²) < 4.78 is 0. The fourth-order valence-electron chi connectivity index (χ4n) is 6.88. The molecule has 0 saturated heterocycles. The average Bonchev–Trinajstić information content (AvgIpc) is 3.22. The van der Waals surface area contributed by atoms with Gasteiger partial charge in [0.1, 0.15) is 0 Å². The van der Waals surface area contributed by atoms with Crippen LogP contribution in [0.25, 0.3) is 45.2 Å². The van der Waals surface area contributed by atoms with E-state index in [2.05, 4.69) is 133 Å². The Morgan fingerprint density at radius 2 is 1.21 bits per heavy atom. The Hall–Kier alpha value is -5.19. The van der Waals surface area contributed by atoms with Crippen LogP contribution in [0.4, 0.5) is 0 Å². The summed E-state index contributed by atoms with van der Waals surface area (Å²) >= 11 is 0. The number of benzene rings is 6.